The van der Waals surface area contributed by atoms with E-state index in [0.717, 1.165) is 41.8 Å². The van der Waals surface area contributed by atoms with E-state index in [4.69, 9.17) is 4.98 Å². The summed E-state index contributed by atoms with van der Waals surface area (Å²) in [4.78, 5) is 11.8. The molecule has 2 bridgehead atoms. The lowest BCUT2D eigenvalue weighted by Gasteiger charge is -2.39. The predicted octanol–water partition coefficient (Wildman–Crippen LogP) is 2.63. The first-order valence-corrected chi connectivity index (χ1v) is 10.8. The number of halogens is 1. The van der Waals surface area contributed by atoms with Gasteiger partial charge in [0.1, 0.15) is 18.3 Å². The smallest absolute Gasteiger partial charge is 0.138 e. The van der Waals surface area contributed by atoms with Crippen LogP contribution in [-0.2, 0) is 0 Å². The van der Waals surface area contributed by atoms with Crippen LogP contribution in [0.2, 0.25) is 0 Å². The van der Waals surface area contributed by atoms with Crippen LogP contribution in [0, 0.1) is 0 Å². The molecule has 5 atom stereocenters. The SMILES string of the molecule is CC1CC(Nc2cc3ncccc3c(NC3C[C@H]4CC[C@@H](C3)N4CCF)n2)NN1. The molecule has 5 rings (SSSR count). The second-order valence-corrected chi connectivity index (χ2v) is 8.67. The van der Waals surface area contributed by atoms with E-state index < -0.39 is 0 Å². The van der Waals surface area contributed by atoms with Crippen molar-refractivity contribution in [1.82, 2.24) is 25.7 Å². The Morgan fingerprint density at radius 3 is 2.72 bits per heavy atom. The fourth-order valence-corrected chi connectivity index (χ4v) is 5.30. The first-order chi connectivity index (χ1) is 14.2. The van der Waals surface area contributed by atoms with Crippen LogP contribution in [0.4, 0.5) is 16.0 Å². The molecule has 2 aromatic rings. The van der Waals surface area contributed by atoms with Crippen molar-refractivity contribution in [3.05, 3.63) is 24.4 Å². The maximum Gasteiger partial charge on any atom is 0.138 e. The van der Waals surface area contributed by atoms with Crippen molar-refractivity contribution in [3.8, 4) is 0 Å². The van der Waals surface area contributed by atoms with Crippen molar-refractivity contribution >= 4 is 22.5 Å². The lowest BCUT2D eigenvalue weighted by molar-refractivity contribution is 0.123. The number of pyridine rings is 2. The van der Waals surface area contributed by atoms with Crippen LogP contribution in [0.25, 0.3) is 10.9 Å². The molecule has 5 heterocycles. The Morgan fingerprint density at radius 1 is 1.17 bits per heavy atom. The van der Waals surface area contributed by atoms with Gasteiger partial charge in [0.2, 0.25) is 0 Å². The molecule has 3 fully saturated rings. The third-order valence-corrected chi connectivity index (χ3v) is 6.58. The van der Waals surface area contributed by atoms with Gasteiger partial charge in [-0.1, -0.05) is 0 Å². The van der Waals surface area contributed by atoms with Crippen molar-refractivity contribution < 1.29 is 4.39 Å². The molecule has 3 aliphatic heterocycles. The maximum atomic E-state index is 12.9. The van der Waals surface area contributed by atoms with Gasteiger partial charge < -0.3 is 10.6 Å². The standard InChI is InChI=1S/C21H30FN7/c1-13-9-20(28-27-13)25-19-12-18-17(3-2-7-23-18)21(26-19)24-14-10-15-4-5-16(11-14)29(15)8-6-22/h2-3,7,12-16,20,27-28H,4-6,8-11H2,1H3,(H2,24,25,26)/t13?,14?,15-,16+,20?. The number of nitrogens with one attached hydrogen (secondary N) is 4. The summed E-state index contributed by atoms with van der Waals surface area (Å²) in [5, 5.41) is 8.24. The molecule has 3 aliphatic rings. The number of rotatable bonds is 6. The summed E-state index contributed by atoms with van der Waals surface area (Å²) in [5.41, 5.74) is 7.43. The van der Waals surface area contributed by atoms with Gasteiger partial charge in [-0.25, -0.2) is 14.8 Å². The number of alkyl halides is 1. The monoisotopic (exact) mass is 399 g/mol. The molecular formula is C21H30FN7. The minimum absolute atomic E-state index is 0.145. The summed E-state index contributed by atoms with van der Waals surface area (Å²) in [6, 6.07) is 7.81. The largest absolute Gasteiger partial charge is 0.367 e. The lowest BCUT2D eigenvalue weighted by Crippen LogP contribution is -2.47. The Morgan fingerprint density at radius 2 is 2.00 bits per heavy atom. The summed E-state index contributed by atoms with van der Waals surface area (Å²) in [5.74, 6) is 1.71. The second kappa shape index (κ2) is 8.01. The molecule has 0 spiro atoms. The molecule has 0 aliphatic carbocycles. The van der Waals surface area contributed by atoms with Gasteiger partial charge >= 0.3 is 0 Å². The van der Waals surface area contributed by atoms with E-state index in [9.17, 15) is 4.39 Å². The van der Waals surface area contributed by atoms with Gasteiger partial charge in [-0.15, -0.1) is 0 Å². The number of hydrazine groups is 1. The van der Waals surface area contributed by atoms with E-state index in [2.05, 4.69) is 44.4 Å². The van der Waals surface area contributed by atoms with E-state index in [1.807, 2.05) is 18.3 Å². The van der Waals surface area contributed by atoms with E-state index in [-0.39, 0.29) is 12.8 Å². The number of anilines is 2. The van der Waals surface area contributed by atoms with E-state index in [1.54, 1.807) is 0 Å². The van der Waals surface area contributed by atoms with Crippen molar-refractivity contribution in [2.24, 2.45) is 0 Å². The molecule has 0 aromatic carbocycles. The van der Waals surface area contributed by atoms with Gasteiger partial charge in [-0.05, 0) is 51.2 Å². The van der Waals surface area contributed by atoms with Gasteiger partial charge in [0, 0.05) is 48.4 Å². The fourth-order valence-electron chi connectivity index (χ4n) is 5.30. The van der Waals surface area contributed by atoms with Crippen LogP contribution >= 0.6 is 0 Å². The van der Waals surface area contributed by atoms with Crippen LogP contribution < -0.4 is 21.5 Å². The summed E-state index contributed by atoms with van der Waals surface area (Å²) in [7, 11) is 0. The molecule has 3 saturated heterocycles. The Bertz CT molecular complexity index is 848. The van der Waals surface area contributed by atoms with Gasteiger partial charge in [-0.3, -0.25) is 15.3 Å². The zero-order chi connectivity index (χ0) is 19.8. The summed E-state index contributed by atoms with van der Waals surface area (Å²) >= 11 is 0. The maximum absolute atomic E-state index is 12.9. The first-order valence-electron chi connectivity index (χ1n) is 10.8. The van der Waals surface area contributed by atoms with Crippen molar-refractivity contribution in [1.29, 1.82) is 0 Å². The van der Waals surface area contributed by atoms with Crippen molar-refractivity contribution in [2.75, 3.05) is 23.9 Å². The van der Waals surface area contributed by atoms with Crippen molar-refractivity contribution in [2.45, 2.75) is 69.4 Å². The molecule has 156 valence electrons. The number of fused-ring (bicyclic) bond motifs is 3. The van der Waals surface area contributed by atoms with E-state index in [1.165, 1.54) is 12.8 Å². The highest BCUT2D eigenvalue weighted by molar-refractivity contribution is 5.91. The Hall–Kier alpha value is -2.03. The highest BCUT2D eigenvalue weighted by Crippen LogP contribution is 2.37. The quantitative estimate of drug-likeness (QED) is 0.595. The number of nitrogens with zero attached hydrogens (tertiary/aromatic N) is 3. The van der Waals surface area contributed by atoms with Crippen LogP contribution in [0.3, 0.4) is 0 Å². The molecule has 4 N–H and O–H groups in total. The average molecular weight is 400 g/mol. The molecule has 2 aromatic heterocycles. The van der Waals surface area contributed by atoms with Crippen LogP contribution in [-0.4, -0.2) is 58.4 Å². The summed E-state index contributed by atoms with van der Waals surface area (Å²) in [6.07, 6.45) is 7.40. The lowest BCUT2D eigenvalue weighted by atomic mass is 9.97. The average Bonchev–Trinajstić information content (AvgIpc) is 3.21. The third kappa shape index (κ3) is 3.89. The number of piperidine rings is 1. The minimum atomic E-state index is -0.251. The van der Waals surface area contributed by atoms with E-state index >= 15 is 0 Å². The normalized spacial score (nSPS) is 32.0. The van der Waals surface area contributed by atoms with Gasteiger partial charge in [0.25, 0.3) is 0 Å². The van der Waals surface area contributed by atoms with Crippen LogP contribution in [0.15, 0.2) is 24.4 Å². The molecule has 7 nitrogen and oxygen atoms in total. The summed E-state index contributed by atoms with van der Waals surface area (Å²) in [6.45, 7) is 2.48. The zero-order valence-electron chi connectivity index (χ0n) is 16.9. The van der Waals surface area contributed by atoms with Crippen LogP contribution in [0.5, 0.6) is 0 Å². The molecule has 3 unspecified atom stereocenters. The number of hydrogen-bond donors (Lipinski definition) is 4. The Labute approximate surface area is 170 Å². The van der Waals surface area contributed by atoms with Gasteiger partial charge in [-0.2, -0.15) is 0 Å². The Balaban J connectivity index is 1.36. The second-order valence-electron chi connectivity index (χ2n) is 8.67. The summed E-state index contributed by atoms with van der Waals surface area (Å²) < 4.78 is 12.9. The zero-order valence-corrected chi connectivity index (χ0v) is 16.9. The number of hydrogen-bond acceptors (Lipinski definition) is 7. The van der Waals surface area contributed by atoms with Crippen molar-refractivity contribution in [3.63, 3.8) is 0 Å². The van der Waals surface area contributed by atoms with Gasteiger partial charge in [0.15, 0.2) is 0 Å². The molecule has 0 radical (unpaired) electrons. The Kier molecular flexibility index (Phi) is 5.24. The fraction of sp³-hybridized carbons (Fsp3) is 0.619. The minimum Gasteiger partial charge on any atom is -0.367 e. The van der Waals surface area contributed by atoms with Crippen LogP contribution in [0.1, 0.15) is 39.0 Å². The topological polar surface area (TPSA) is 77.1 Å². The molecular weight excluding hydrogens is 369 g/mol. The molecule has 0 amide bonds. The van der Waals surface area contributed by atoms with Gasteiger partial charge in [0.05, 0.1) is 11.7 Å². The molecule has 29 heavy (non-hydrogen) atoms. The highest BCUT2D eigenvalue weighted by Gasteiger charge is 2.40. The predicted molar refractivity (Wildman–Crippen MR) is 113 cm³/mol. The third-order valence-electron chi connectivity index (χ3n) is 6.58. The molecule has 0 saturated carbocycles. The highest BCUT2D eigenvalue weighted by atomic mass is 19.1. The van der Waals surface area contributed by atoms with E-state index in [0.29, 0.717) is 30.7 Å². The molecule has 8 heteroatoms. The number of aromatic nitrogens is 2. The first kappa shape index (κ1) is 19.0.